The highest BCUT2D eigenvalue weighted by Gasteiger charge is 2.34. The maximum absolute atomic E-state index is 12.4. The molecule has 144 valence electrons. The summed E-state index contributed by atoms with van der Waals surface area (Å²) in [6.45, 7) is 2.39. The van der Waals surface area contributed by atoms with E-state index in [1.807, 2.05) is 19.1 Å². The first-order chi connectivity index (χ1) is 13.5. The van der Waals surface area contributed by atoms with Crippen LogP contribution in [0.2, 0.25) is 5.02 Å². The number of carbonyl (C=O) groups excluding carboxylic acids is 1. The van der Waals surface area contributed by atoms with Crippen molar-refractivity contribution in [1.82, 2.24) is 5.32 Å². The second kappa shape index (κ2) is 8.46. The predicted octanol–water partition coefficient (Wildman–Crippen LogP) is 4.05. The molecule has 0 unspecified atom stereocenters. The molecular formula is C20H18ClN3O3S. The molecule has 1 atom stereocenters. The first kappa shape index (κ1) is 19.9. The minimum Gasteiger partial charge on any atom is -0.493 e. The van der Waals surface area contributed by atoms with E-state index >= 15 is 0 Å². The van der Waals surface area contributed by atoms with Gasteiger partial charge in [-0.1, -0.05) is 17.7 Å². The molecule has 8 heteroatoms. The molecule has 2 aromatic carbocycles. The lowest BCUT2D eigenvalue weighted by Gasteiger charge is -2.38. The molecular weight excluding hydrogens is 398 g/mol. The Morgan fingerprint density at radius 3 is 2.57 bits per heavy atom. The van der Waals surface area contributed by atoms with E-state index in [0.717, 1.165) is 11.3 Å². The molecule has 1 aliphatic heterocycles. The number of anilines is 1. The Balaban J connectivity index is 2.12. The highest BCUT2D eigenvalue weighted by atomic mass is 35.5. The average Bonchev–Trinajstić information content (AvgIpc) is 2.69. The van der Waals surface area contributed by atoms with Gasteiger partial charge in [0, 0.05) is 10.7 Å². The zero-order valence-corrected chi connectivity index (χ0v) is 16.9. The van der Waals surface area contributed by atoms with Gasteiger partial charge in [-0.25, -0.2) is 0 Å². The van der Waals surface area contributed by atoms with Crippen molar-refractivity contribution in [3.05, 3.63) is 63.7 Å². The molecule has 0 radical (unpaired) electrons. The van der Waals surface area contributed by atoms with Crippen molar-refractivity contribution in [1.29, 1.82) is 5.26 Å². The number of carbonyl (C=O) groups is 1. The Morgan fingerprint density at radius 2 is 1.96 bits per heavy atom. The lowest BCUT2D eigenvalue weighted by molar-refractivity contribution is -0.118. The zero-order valence-electron chi connectivity index (χ0n) is 15.3. The third-order valence-corrected chi connectivity index (χ3v) is 4.92. The molecule has 0 saturated heterocycles. The SMILES string of the molecule is CCOc1ccc([C@@H]2NC(=O)C(C#N)=C(S)N2c2ccc(Cl)cc2)cc1OC. The fourth-order valence-electron chi connectivity index (χ4n) is 2.94. The first-order valence-electron chi connectivity index (χ1n) is 8.49. The van der Waals surface area contributed by atoms with Crippen LogP contribution >= 0.6 is 24.2 Å². The molecule has 6 nitrogen and oxygen atoms in total. The van der Waals surface area contributed by atoms with Crippen molar-refractivity contribution < 1.29 is 14.3 Å². The number of hydrogen-bond donors (Lipinski definition) is 2. The molecule has 1 amide bonds. The van der Waals surface area contributed by atoms with Crippen molar-refractivity contribution >= 4 is 35.8 Å². The molecule has 28 heavy (non-hydrogen) atoms. The zero-order chi connectivity index (χ0) is 20.3. The number of rotatable bonds is 5. The molecule has 0 aromatic heterocycles. The number of nitrogens with zero attached hydrogens (tertiary/aromatic N) is 2. The molecule has 0 spiro atoms. The van der Waals surface area contributed by atoms with Gasteiger partial charge in [-0.15, -0.1) is 12.6 Å². The molecule has 0 bridgehead atoms. The fourth-order valence-corrected chi connectivity index (χ4v) is 3.45. The standard InChI is InChI=1S/C20H18ClN3O3S/c1-3-27-16-9-4-12(10-17(16)26-2)18-23-19(25)15(11-22)20(28)24(18)14-7-5-13(21)6-8-14/h4-10,18,28H,3H2,1-2H3,(H,23,25)/t18-/m1/s1. The third kappa shape index (κ3) is 3.75. The van der Waals surface area contributed by atoms with Crippen molar-refractivity contribution in [2.24, 2.45) is 0 Å². The van der Waals surface area contributed by atoms with Gasteiger partial charge in [0.2, 0.25) is 0 Å². The number of amides is 1. The monoisotopic (exact) mass is 415 g/mol. The number of methoxy groups -OCH3 is 1. The summed E-state index contributed by atoms with van der Waals surface area (Å²) in [6.07, 6.45) is -0.595. The molecule has 3 rings (SSSR count). The minimum absolute atomic E-state index is 0.0626. The first-order valence-corrected chi connectivity index (χ1v) is 9.32. The Hall–Kier alpha value is -2.82. The second-order valence-electron chi connectivity index (χ2n) is 5.88. The van der Waals surface area contributed by atoms with Crippen LogP contribution in [0.15, 0.2) is 53.1 Å². The van der Waals surface area contributed by atoms with Crippen LogP contribution in [-0.4, -0.2) is 19.6 Å². The van der Waals surface area contributed by atoms with Gasteiger partial charge in [-0.2, -0.15) is 5.26 Å². The van der Waals surface area contributed by atoms with Gasteiger partial charge in [0.15, 0.2) is 11.5 Å². The summed E-state index contributed by atoms with van der Waals surface area (Å²) in [5, 5.41) is 13.1. The molecule has 0 saturated carbocycles. The van der Waals surface area contributed by atoms with Gasteiger partial charge < -0.3 is 19.7 Å². The molecule has 1 heterocycles. The van der Waals surface area contributed by atoms with Crippen LogP contribution in [0.5, 0.6) is 11.5 Å². The summed E-state index contributed by atoms with van der Waals surface area (Å²) in [7, 11) is 1.55. The van der Waals surface area contributed by atoms with Crippen LogP contribution < -0.4 is 19.7 Å². The van der Waals surface area contributed by atoms with Gasteiger partial charge in [-0.3, -0.25) is 4.79 Å². The lowest BCUT2D eigenvalue weighted by Crippen LogP contribution is -2.46. The van der Waals surface area contributed by atoms with Gasteiger partial charge in [0.1, 0.15) is 17.8 Å². The third-order valence-electron chi connectivity index (χ3n) is 4.22. The second-order valence-corrected chi connectivity index (χ2v) is 6.74. The number of halogens is 1. The van der Waals surface area contributed by atoms with E-state index in [0.29, 0.717) is 23.1 Å². The quantitative estimate of drug-likeness (QED) is 0.720. The summed E-state index contributed by atoms with van der Waals surface area (Å²) >= 11 is 10.5. The van der Waals surface area contributed by atoms with E-state index in [2.05, 4.69) is 17.9 Å². The Bertz CT molecular complexity index is 970. The molecule has 1 N–H and O–H groups in total. The van der Waals surface area contributed by atoms with Gasteiger partial charge in [0.25, 0.3) is 5.91 Å². The van der Waals surface area contributed by atoms with E-state index in [9.17, 15) is 10.1 Å². The molecule has 2 aromatic rings. The summed E-state index contributed by atoms with van der Waals surface area (Å²) in [5.41, 5.74) is 1.40. The van der Waals surface area contributed by atoms with E-state index in [4.69, 9.17) is 21.1 Å². The Kier molecular flexibility index (Phi) is 6.02. The topological polar surface area (TPSA) is 74.6 Å². The predicted molar refractivity (Wildman–Crippen MR) is 111 cm³/mol. The molecule has 1 aliphatic rings. The normalized spacial score (nSPS) is 16.5. The Labute approximate surface area is 173 Å². The van der Waals surface area contributed by atoms with Gasteiger partial charge in [-0.05, 0) is 48.9 Å². The maximum Gasteiger partial charge on any atom is 0.266 e. The van der Waals surface area contributed by atoms with Crippen molar-refractivity contribution in [3.8, 4) is 17.6 Å². The number of hydrogen-bond acceptors (Lipinski definition) is 6. The largest absolute Gasteiger partial charge is 0.493 e. The van der Waals surface area contributed by atoms with Crippen LogP contribution in [0.25, 0.3) is 0 Å². The van der Waals surface area contributed by atoms with Crippen LogP contribution in [0, 0.1) is 11.3 Å². The number of ether oxygens (including phenoxy) is 2. The average molecular weight is 416 g/mol. The van der Waals surface area contributed by atoms with E-state index in [1.165, 1.54) is 0 Å². The summed E-state index contributed by atoms with van der Waals surface area (Å²) in [5.74, 6) is 0.657. The summed E-state index contributed by atoms with van der Waals surface area (Å²) in [4.78, 5) is 14.2. The van der Waals surface area contributed by atoms with Crippen molar-refractivity contribution in [3.63, 3.8) is 0 Å². The highest BCUT2D eigenvalue weighted by Crippen LogP contribution is 2.38. The number of nitriles is 1. The minimum atomic E-state index is -0.595. The van der Waals surface area contributed by atoms with Crippen molar-refractivity contribution in [2.45, 2.75) is 13.1 Å². The van der Waals surface area contributed by atoms with Crippen molar-refractivity contribution in [2.75, 3.05) is 18.6 Å². The number of thiol groups is 1. The van der Waals surface area contributed by atoms with Gasteiger partial charge >= 0.3 is 0 Å². The maximum atomic E-state index is 12.4. The molecule has 0 fully saturated rings. The van der Waals surface area contributed by atoms with Crippen LogP contribution in [0.1, 0.15) is 18.7 Å². The lowest BCUT2D eigenvalue weighted by atomic mass is 10.1. The van der Waals surface area contributed by atoms with Gasteiger partial charge in [0.05, 0.1) is 18.7 Å². The summed E-state index contributed by atoms with van der Waals surface area (Å²) < 4.78 is 11.0. The van der Waals surface area contributed by atoms with Crippen LogP contribution in [0.3, 0.4) is 0 Å². The summed E-state index contributed by atoms with van der Waals surface area (Å²) in [6, 6.07) is 14.4. The van der Waals surface area contributed by atoms with E-state index < -0.39 is 12.1 Å². The molecule has 0 aliphatic carbocycles. The fraction of sp³-hybridized carbons (Fsp3) is 0.200. The highest BCUT2D eigenvalue weighted by molar-refractivity contribution is 7.84. The number of benzene rings is 2. The Morgan fingerprint density at radius 1 is 1.25 bits per heavy atom. The number of nitrogens with one attached hydrogen (secondary N) is 1. The van der Waals surface area contributed by atoms with Crippen LogP contribution in [0.4, 0.5) is 5.69 Å². The van der Waals surface area contributed by atoms with E-state index in [1.54, 1.807) is 48.4 Å². The van der Waals surface area contributed by atoms with Crippen LogP contribution in [-0.2, 0) is 4.79 Å². The smallest absolute Gasteiger partial charge is 0.266 e. The van der Waals surface area contributed by atoms with E-state index in [-0.39, 0.29) is 10.6 Å².